The lowest BCUT2D eigenvalue weighted by Crippen LogP contribution is -2.01. The molecule has 14 heavy (non-hydrogen) atoms. The normalized spacial score (nSPS) is 19.0. The molecule has 76 valence electrons. The zero-order chi connectivity index (χ0) is 10.4. The third-order valence-electron chi connectivity index (χ3n) is 1.47. The molecule has 1 aromatic carbocycles. The van der Waals surface area contributed by atoms with Crippen molar-refractivity contribution in [3.63, 3.8) is 0 Å². The molecule has 1 saturated heterocycles. The van der Waals surface area contributed by atoms with Crippen molar-refractivity contribution in [1.82, 2.24) is 0 Å². The van der Waals surface area contributed by atoms with Gasteiger partial charge in [-0.3, -0.25) is 0 Å². The molecule has 0 N–H and O–H groups in total. The number of ether oxygens (including phenoxy) is 2. The van der Waals surface area contributed by atoms with Gasteiger partial charge in [0.25, 0.3) is 0 Å². The summed E-state index contributed by atoms with van der Waals surface area (Å²) in [5, 5.41) is 0.794. The topological polar surface area (TPSA) is 35.5 Å². The summed E-state index contributed by atoms with van der Waals surface area (Å²) in [6.07, 6.45) is -0.597. The fourth-order valence-corrected chi connectivity index (χ4v) is 0.978. The highest BCUT2D eigenvalue weighted by atomic mass is 35.5. The highest BCUT2D eigenvalue weighted by molar-refractivity contribution is 6.30. The second kappa shape index (κ2) is 5.50. The number of carbonyl (C=O) groups excluding carboxylic acids is 1. The SMILES string of the molecule is CC1COC(=O)O1.Clc1ccccc1. The minimum Gasteiger partial charge on any atom is -0.430 e. The minimum absolute atomic E-state index is 0.0486. The van der Waals surface area contributed by atoms with Crippen LogP contribution in [0.25, 0.3) is 0 Å². The van der Waals surface area contributed by atoms with Gasteiger partial charge < -0.3 is 9.47 Å². The van der Waals surface area contributed by atoms with Gasteiger partial charge in [-0.1, -0.05) is 29.8 Å². The van der Waals surface area contributed by atoms with Gasteiger partial charge in [0.2, 0.25) is 0 Å². The van der Waals surface area contributed by atoms with Crippen molar-refractivity contribution in [1.29, 1.82) is 0 Å². The van der Waals surface area contributed by atoms with Crippen molar-refractivity contribution in [2.45, 2.75) is 13.0 Å². The number of carbonyl (C=O) groups is 1. The lowest BCUT2D eigenvalue weighted by Gasteiger charge is -1.90. The van der Waals surface area contributed by atoms with E-state index in [-0.39, 0.29) is 6.10 Å². The van der Waals surface area contributed by atoms with Crippen molar-refractivity contribution in [2.75, 3.05) is 6.61 Å². The minimum atomic E-state index is -0.549. The maximum absolute atomic E-state index is 10.0. The smallest absolute Gasteiger partial charge is 0.430 e. The monoisotopic (exact) mass is 214 g/mol. The summed E-state index contributed by atoms with van der Waals surface area (Å²) < 4.78 is 8.90. The average Bonchev–Trinajstić information content (AvgIpc) is 2.52. The molecule has 1 aliphatic rings. The van der Waals surface area contributed by atoms with Gasteiger partial charge in [0.05, 0.1) is 0 Å². The molecule has 0 radical (unpaired) electrons. The zero-order valence-electron chi connectivity index (χ0n) is 7.77. The third-order valence-corrected chi connectivity index (χ3v) is 1.72. The number of halogens is 1. The van der Waals surface area contributed by atoms with E-state index >= 15 is 0 Å². The predicted molar refractivity (Wildman–Crippen MR) is 53.3 cm³/mol. The standard InChI is InChI=1S/C6H5Cl.C4H6O3/c7-6-4-2-1-3-5-6;1-3-2-6-4(5)7-3/h1-5H;3H,2H2,1H3. The van der Waals surface area contributed by atoms with Crippen molar-refractivity contribution in [2.24, 2.45) is 0 Å². The molecule has 1 heterocycles. The molecule has 0 amide bonds. The van der Waals surface area contributed by atoms with Gasteiger partial charge in [-0.05, 0) is 19.1 Å². The number of hydrogen-bond acceptors (Lipinski definition) is 3. The van der Waals surface area contributed by atoms with E-state index in [1.807, 2.05) is 30.3 Å². The molecule has 1 fully saturated rings. The quantitative estimate of drug-likeness (QED) is 0.623. The number of hydrogen-bond donors (Lipinski definition) is 0. The van der Waals surface area contributed by atoms with Crippen LogP contribution >= 0.6 is 11.6 Å². The van der Waals surface area contributed by atoms with Crippen LogP contribution in [-0.2, 0) is 9.47 Å². The second-order valence-electron chi connectivity index (χ2n) is 2.79. The molecule has 3 nitrogen and oxygen atoms in total. The molecule has 0 saturated carbocycles. The highest BCUT2D eigenvalue weighted by Gasteiger charge is 2.19. The number of rotatable bonds is 0. The first-order chi connectivity index (χ1) is 6.68. The molecule has 1 aromatic rings. The summed E-state index contributed by atoms with van der Waals surface area (Å²) in [5.41, 5.74) is 0. The molecule has 2 rings (SSSR count). The Morgan fingerprint density at radius 3 is 2.21 bits per heavy atom. The lowest BCUT2D eigenvalue weighted by molar-refractivity contribution is 0.121. The first-order valence-electron chi connectivity index (χ1n) is 4.22. The summed E-state index contributed by atoms with van der Waals surface area (Å²) in [6.45, 7) is 2.18. The Balaban J connectivity index is 0.000000140. The van der Waals surface area contributed by atoms with Crippen molar-refractivity contribution >= 4 is 17.8 Å². The Bertz CT molecular complexity index is 287. The molecule has 1 aliphatic heterocycles. The van der Waals surface area contributed by atoms with Crippen molar-refractivity contribution in [3.8, 4) is 0 Å². The first-order valence-corrected chi connectivity index (χ1v) is 4.60. The van der Waals surface area contributed by atoms with E-state index in [0.29, 0.717) is 6.61 Å². The molecule has 0 aromatic heterocycles. The van der Waals surface area contributed by atoms with E-state index < -0.39 is 6.16 Å². The van der Waals surface area contributed by atoms with E-state index in [1.54, 1.807) is 6.92 Å². The lowest BCUT2D eigenvalue weighted by atomic mass is 10.4. The Labute approximate surface area is 87.6 Å². The fourth-order valence-electron chi connectivity index (χ4n) is 0.832. The maximum atomic E-state index is 10.0. The summed E-state index contributed by atoms with van der Waals surface area (Å²) in [7, 11) is 0. The zero-order valence-corrected chi connectivity index (χ0v) is 8.53. The number of benzene rings is 1. The van der Waals surface area contributed by atoms with Gasteiger partial charge in [0.1, 0.15) is 12.7 Å². The fraction of sp³-hybridized carbons (Fsp3) is 0.300. The Hall–Kier alpha value is -1.22. The molecule has 0 aliphatic carbocycles. The molecule has 0 spiro atoms. The average molecular weight is 215 g/mol. The van der Waals surface area contributed by atoms with Crippen LogP contribution in [0.4, 0.5) is 4.79 Å². The van der Waals surface area contributed by atoms with Gasteiger partial charge in [-0.2, -0.15) is 0 Å². The predicted octanol–water partition coefficient (Wildman–Crippen LogP) is 2.88. The largest absolute Gasteiger partial charge is 0.508 e. The van der Waals surface area contributed by atoms with Crippen LogP contribution < -0.4 is 0 Å². The molecule has 0 bridgehead atoms. The first kappa shape index (κ1) is 10.9. The molecular formula is C10H11ClO3. The third kappa shape index (κ3) is 4.14. The van der Waals surface area contributed by atoms with E-state index in [1.165, 1.54) is 0 Å². The summed E-state index contributed by atoms with van der Waals surface area (Å²) in [6, 6.07) is 9.44. The molecular weight excluding hydrogens is 204 g/mol. The Morgan fingerprint density at radius 1 is 1.36 bits per heavy atom. The summed E-state index contributed by atoms with van der Waals surface area (Å²) >= 11 is 5.54. The van der Waals surface area contributed by atoms with Crippen molar-refractivity contribution in [3.05, 3.63) is 35.4 Å². The van der Waals surface area contributed by atoms with Crippen LogP contribution in [0.2, 0.25) is 5.02 Å². The van der Waals surface area contributed by atoms with E-state index in [9.17, 15) is 4.79 Å². The van der Waals surface area contributed by atoms with Crippen molar-refractivity contribution < 1.29 is 14.3 Å². The summed E-state index contributed by atoms with van der Waals surface area (Å²) in [5.74, 6) is 0. The van der Waals surface area contributed by atoms with Gasteiger partial charge in [-0.25, -0.2) is 4.79 Å². The highest BCUT2D eigenvalue weighted by Crippen LogP contribution is 2.03. The molecule has 1 atom stereocenters. The van der Waals surface area contributed by atoms with Crippen LogP contribution in [0.5, 0.6) is 0 Å². The van der Waals surface area contributed by atoms with Crippen LogP contribution in [0.3, 0.4) is 0 Å². The number of cyclic esters (lactones) is 2. The van der Waals surface area contributed by atoms with Crippen LogP contribution in [0.1, 0.15) is 6.92 Å². The van der Waals surface area contributed by atoms with Gasteiger partial charge in [-0.15, -0.1) is 0 Å². The van der Waals surface area contributed by atoms with Crippen LogP contribution in [0.15, 0.2) is 30.3 Å². The van der Waals surface area contributed by atoms with E-state index in [2.05, 4.69) is 9.47 Å². The van der Waals surface area contributed by atoms with Gasteiger partial charge >= 0.3 is 6.16 Å². The molecule has 4 heteroatoms. The van der Waals surface area contributed by atoms with Gasteiger partial charge in [0, 0.05) is 5.02 Å². The van der Waals surface area contributed by atoms with Crippen LogP contribution in [-0.4, -0.2) is 18.9 Å². The maximum Gasteiger partial charge on any atom is 0.508 e. The van der Waals surface area contributed by atoms with Crippen LogP contribution in [0, 0.1) is 0 Å². The van der Waals surface area contributed by atoms with E-state index in [0.717, 1.165) is 5.02 Å². The Kier molecular flexibility index (Phi) is 4.26. The second-order valence-corrected chi connectivity index (χ2v) is 3.22. The Morgan fingerprint density at radius 2 is 2.00 bits per heavy atom. The summed E-state index contributed by atoms with van der Waals surface area (Å²) in [4.78, 5) is 10.0. The van der Waals surface area contributed by atoms with Gasteiger partial charge in [0.15, 0.2) is 0 Å². The molecule has 1 unspecified atom stereocenters. The van der Waals surface area contributed by atoms with E-state index in [4.69, 9.17) is 11.6 Å².